The molecule has 1 unspecified atom stereocenters. The monoisotopic (exact) mass is 502 g/mol. The summed E-state index contributed by atoms with van der Waals surface area (Å²) >= 11 is 0. The van der Waals surface area contributed by atoms with E-state index in [2.05, 4.69) is 43.2 Å². The zero-order chi connectivity index (χ0) is 25.7. The van der Waals surface area contributed by atoms with E-state index in [1.807, 2.05) is 31.2 Å². The third-order valence-corrected chi connectivity index (χ3v) is 7.17. The minimum Gasteiger partial charge on any atom is -0.362 e. The number of aromatic nitrogens is 4. The van der Waals surface area contributed by atoms with Gasteiger partial charge in [0.15, 0.2) is 5.82 Å². The van der Waals surface area contributed by atoms with Gasteiger partial charge in [0, 0.05) is 29.5 Å². The van der Waals surface area contributed by atoms with Crippen molar-refractivity contribution in [2.45, 2.75) is 39.2 Å². The quantitative estimate of drug-likeness (QED) is 0.304. The first kappa shape index (κ1) is 23.3. The molecule has 1 aliphatic rings. The Hall–Kier alpha value is -4.14. The number of halogens is 3. The molecule has 0 amide bonds. The Bertz CT molecular complexity index is 1620. The first-order chi connectivity index (χ1) is 17.8. The fourth-order valence-electron chi connectivity index (χ4n) is 5.27. The van der Waals surface area contributed by atoms with E-state index in [0.29, 0.717) is 17.9 Å². The van der Waals surface area contributed by atoms with E-state index in [4.69, 9.17) is 4.98 Å². The number of nitrogens with one attached hydrogen (secondary N) is 1. The van der Waals surface area contributed by atoms with Crippen LogP contribution >= 0.6 is 0 Å². The summed E-state index contributed by atoms with van der Waals surface area (Å²) in [6.45, 7) is 5.69. The average molecular weight is 503 g/mol. The van der Waals surface area contributed by atoms with Gasteiger partial charge in [-0.05, 0) is 55.3 Å². The van der Waals surface area contributed by atoms with Crippen molar-refractivity contribution in [3.8, 4) is 0 Å². The topological polar surface area (TPSA) is 58.9 Å². The third-order valence-electron chi connectivity index (χ3n) is 7.17. The highest BCUT2D eigenvalue weighted by atomic mass is 19.4. The molecule has 2 aromatic heterocycles. The molecule has 9 heteroatoms. The Morgan fingerprint density at radius 1 is 1.00 bits per heavy atom. The highest BCUT2D eigenvalue weighted by Crippen LogP contribution is 2.36. The Kier molecular flexibility index (Phi) is 5.51. The number of alkyl halides is 3. The normalized spacial score (nSPS) is 14.7. The Morgan fingerprint density at radius 2 is 1.84 bits per heavy atom. The summed E-state index contributed by atoms with van der Waals surface area (Å²) in [5.41, 5.74) is 3.33. The molecule has 3 aromatic carbocycles. The van der Waals surface area contributed by atoms with Gasteiger partial charge in [-0.3, -0.25) is 0 Å². The second kappa shape index (κ2) is 8.76. The molecule has 0 radical (unpaired) electrons. The molecule has 188 valence electrons. The Labute approximate surface area is 211 Å². The molecule has 1 atom stereocenters. The Morgan fingerprint density at radius 3 is 2.68 bits per heavy atom. The van der Waals surface area contributed by atoms with Crippen molar-refractivity contribution in [3.05, 3.63) is 89.4 Å². The van der Waals surface area contributed by atoms with E-state index >= 15 is 0 Å². The number of imidazole rings is 1. The number of hydrogen-bond donors (Lipinski definition) is 1. The highest BCUT2D eigenvalue weighted by molar-refractivity contribution is 5.93. The molecule has 5 aromatic rings. The molecule has 6 nitrogen and oxygen atoms in total. The van der Waals surface area contributed by atoms with Gasteiger partial charge in [0.2, 0.25) is 0 Å². The molecule has 0 saturated carbocycles. The van der Waals surface area contributed by atoms with Gasteiger partial charge in [-0.15, -0.1) is 5.10 Å². The summed E-state index contributed by atoms with van der Waals surface area (Å²) in [7, 11) is 0. The number of nitrogens with zero attached hydrogens (tertiary/aromatic N) is 5. The van der Waals surface area contributed by atoms with Crippen molar-refractivity contribution in [1.82, 2.24) is 19.7 Å². The van der Waals surface area contributed by atoms with Crippen LogP contribution in [0, 0.1) is 6.92 Å². The number of benzene rings is 3. The molecule has 1 aliphatic heterocycles. The highest BCUT2D eigenvalue weighted by Gasteiger charge is 2.33. The summed E-state index contributed by atoms with van der Waals surface area (Å²) in [4.78, 5) is 7.10. The second-order valence-corrected chi connectivity index (χ2v) is 9.44. The van der Waals surface area contributed by atoms with E-state index in [1.165, 1.54) is 13.0 Å². The van der Waals surface area contributed by atoms with Gasteiger partial charge in [-0.1, -0.05) is 30.3 Å². The number of rotatable bonds is 4. The smallest absolute Gasteiger partial charge is 0.362 e. The molecule has 0 bridgehead atoms. The van der Waals surface area contributed by atoms with Crippen LogP contribution in [0.15, 0.2) is 66.9 Å². The van der Waals surface area contributed by atoms with Crippen molar-refractivity contribution in [2.24, 2.45) is 0 Å². The van der Waals surface area contributed by atoms with Gasteiger partial charge in [0.05, 0.1) is 35.4 Å². The summed E-state index contributed by atoms with van der Waals surface area (Å²) in [6.07, 6.45) is -2.71. The maximum atomic E-state index is 13.4. The lowest BCUT2D eigenvalue weighted by molar-refractivity contribution is -0.138. The van der Waals surface area contributed by atoms with Crippen LogP contribution < -0.4 is 10.2 Å². The fraction of sp³-hybridized carbons (Fsp3) is 0.250. The molecule has 3 heterocycles. The van der Waals surface area contributed by atoms with Crippen LogP contribution in [-0.2, 0) is 19.3 Å². The number of fused-ring (bicyclic) bond motifs is 4. The van der Waals surface area contributed by atoms with Crippen LogP contribution in [0.2, 0.25) is 0 Å². The first-order valence-electron chi connectivity index (χ1n) is 12.2. The number of anilines is 2. The summed E-state index contributed by atoms with van der Waals surface area (Å²) in [5.74, 6) is 1.56. The molecular weight excluding hydrogens is 477 g/mol. The lowest BCUT2D eigenvalue weighted by atomic mass is 9.97. The van der Waals surface area contributed by atoms with Gasteiger partial charge < -0.3 is 14.8 Å². The summed E-state index contributed by atoms with van der Waals surface area (Å²) in [6, 6.07) is 18.2. The number of para-hydroxylation sites is 2. The summed E-state index contributed by atoms with van der Waals surface area (Å²) < 4.78 is 42.6. The maximum absolute atomic E-state index is 13.4. The van der Waals surface area contributed by atoms with Crippen LogP contribution in [0.5, 0.6) is 0 Å². The SMILES string of the molecule is Cc1c(C(C)Nc2nncc3ccc(N4CCn5c(nc6ccccc65)C4)cc23)cccc1C(F)(F)F. The minimum absolute atomic E-state index is 0.208. The van der Waals surface area contributed by atoms with Crippen LogP contribution in [0.3, 0.4) is 0 Å². The average Bonchev–Trinajstić information content (AvgIpc) is 3.26. The van der Waals surface area contributed by atoms with Crippen molar-refractivity contribution in [2.75, 3.05) is 16.8 Å². The third kappa shape index (κ3) is 4.14. The van der Waals surface area contributed by atoms with E-state index in [0.717, 1.165) is 52.5 Å². The van der Waals surface area contributed by atoms with Gasteiger partial charge in [0.1, 0.15) is 5.82 Å². The van der Waals surface area contributed by atoms with Crippen LogP contribution in [0.1, 0.15) is 35.5 Å². The van der Waals surface area contributed by atoms with Crippen molar-refractivity contribution >= 4 is 33.3 Å². The lowest BCUT2D eigenvalue weighted by Crippen LogP contribution is -2.33. The molecule has 0 spiro atoms. The van der Waals surface area contributed by atoms with Gasteiger partial charge in [0.25, 0.3) is 0 Å². The predicted octanol–water partition coefficient (Wildman–Crippen LogP) is 6.50. The minimum atomic E-state index is -4.40. The zero-order valence-corrected chi connectivity index (χ0v) is 20.4. The van der Waals surface area contributed by atoms with E-state index in [-0.39, 0.29) is 5.56 Å². The molecule has 0 saturated heterocycles. The number of hydrogen-bond acceptors (Lipinski definition) is 5. The Balaban J connectivity index is 1.31. The van der Waals surface area contributed by atoms with Crippen LogP contribution in [0.25, 0.3) is 21.8 Å². The first-order valence-corrected chi connectivity index (χ1v) is 12.2. The molecule has 0 fully saturated rings. The lowest BCUT2D eigenvalue weighted by Gasteiger charge is -2.30. The van der Waals surface area contributed by atoms with Gasteiger partial charge in [-0.2, -0.15) is 18.3 Å². The van der Waals surface area contributed by atoms with Crippen LogP contribution in [0.4, 0.5) is 24.7 Å². The van der Waals surface area contributed by atoms with Crippen molar-refractivity contribution in [1.29, 1.82) is 0 Å². The van der Waals surface area contributed by atoms with Crippen molar-refractivity contribution < 1.29 is 13.2 Å². The van der Waals surface area contributed by atoms with E-state index in [9.17, 15) is 13.2 Å². The molecule has 0 aliphatic carbocycles. The van der Waals surface area contributed by atoms with Gasteiger partial charge in [-0.25, -0.2) is 4.98 Å². The molecular formula is C28H25F3N6. The standard InChI is InChI=1S/C28H25F3N6/c1-17-21(6-5-7-23(17)28(29,30)31)18(2)33-27-22-14-20(11-10-19(22)15-32-35-27)36-12-13-37-25-9-4-3-8-24(25)34-26(37)16-36/h3-11,14-15,18H,12-13,16H2,1-2H3,(H,33,35). The fourth-order valence-corrected chi connectivity index (χ4v) is 5.27. The largest absolute Gasteiger partial charge is 0.416 e. The predicted molar refractivity (Wildman–Crippen MR) is 139 cm³/mol. The van der Waals surface area contributed by atoms with Crippen LogP contribution in [-0.4, -0.2) is 26.3 Å². The maximum Gasteiger partial charge on any atom is 0.416 e. The zero-order valence-electron chi connectivity index (χ0n) is 20.4. The summed E-state index contributed by atoms with van der Waals surface area (Å²) in [5, 5.41) is 13.5. The van der Waals surface area contributed by atoms with Gasteiger partial charge >= 0.3 is 6.18 Å². The molecule has 37 heavy (non-hydrogen) atoms. The molecule has 1 N–H and O–H groups in total. The van der Waals surface area contributed by atoms with E-state index in [1.54, 1.807) is 12.3 Å². The van der Waals surface area contributed by atoms with Crippen molar-refractivity contribution in [3.63, 3.8) is 0 Å². The van der Waals surface area contributed by atoms with E-state index < -0.39 is 17.8 Å². The second-order valence-electron chi connectivity index (χ2n) is 9.44. The molecule has 6 rings (SSSR count).